The van der Waals surface area contributed by atoms with Crippen LogP contribution < -0.4 is 15.0 Å². The fraction of sp³-hybridized carbons (Fsp3) is 0.435. The first-order valence-corrected chi connectivity index (χ1v) is 11.2. The summed E-state index contributed by atoms with van der Waals surface area (Å²) in [6.45, 7) is 2.43. The van der Waals surface area contributed by atoms with Crippen LogP contribution in [0.2, 0.25) is 0 Å². The molecule has 1 aromatic carbocycles. The van der Waals surface area contributed by atoms with Crippen molar-refractivity contribution in [2.75, 3.05) is 11.4 Å². The average Bonchev–Trinajstić information content (AvgIpc) is 3.13. The van der Waals surface area contributed by atoms with E-state index in [9.17, 15) is 9.59 Å². The third-order valence-corrected chi connectivity index (χ3v) is 6.30. The number of benzene rings is 1. The van der Waals surface area contributed by atoms with E-state index in [0.717, 1.165) is 41.4 Å². The third-order valence-electron chi connectivity index (χ3n) is 5.81. The first-order chi connectivity index (χ1) is 14.5. The molecule has 158 valence electrons. The lowest BCUT2D eigenvalue weighted by Gasteiger charge is -2.29. The van der Waals surface area contributed by atoms with Gasteiger partial charge in [-0.25, -0.2) is 4.98 Å². The van der Waals surface area contributed by atoms with E-state index in [1.165, 1.54) is 0 Å². The fourth-order valence-electron chi connectivity index (χ4n) is 4.12. The minimum Gasteiger partial charge on any atom is -0.474 e. The smallest absolute Gasteiger partial charge is 0.227 e. The van der Waals surface area contributed by atoms with Crippen LogP contribution in [0, 0.1) is 12.8 Å². The van der Waals surface area contributed by atoms with Crippen molar-refractivity contribution in [2.45, 2.75) is 51.2 Å². The minimum absolute atomic E-state index is 0.00374. The fourth-order valence-corrected chi connectivity index (χ4v) is 4.50. The Kier molecular flexibility index (Phi) is 6.37. The van der Waals surface area contributed by atoms with Gasteiger partial charge in [0.2, 0.25) is 17.7 Å². The summed E-state index contributed by atoms with van der Waals surface area (Å²) in [5.74, 6) is 0.328. The topological polar surface area (TPSA) is 71.5 Å². The van der Waals surface area contributed by atoms with Crippen LogP contribution in [-0.4, -0.2) is 35.5 Å². The van der Waals surface area contributed by atoms with E-state index < -0.39 is 0 Å². The highest BCUT2D eigenvalue weighted by molar-refractivity contribution is 9.10. The molecule has 1 aliphatic carbocycles. The van der Waals surface area contributed by atoms with Crippen molar-refractivity contribution >= 4 is 33.4 Å². The molecule has 1 aromatic heterocycles. The molecule has 6 nitrogen and oxygen atoms in total. The number of carbonyl (C=O) groups excluding carboxylic acids is 2. The Morgan fingerprint density at radius 3 is 2.70 bits per heavy atom. The zero-order valence-corrected chi connectivity index (χ0v) is 18.6. The molecule has 1 aliphatic heterocycles. The molecule has 2 amide bonds. The van der Waals surface area contributed by atoms with Crippen LogP contribution in [-0.2, 0) is 9.59 Å². The molecular weight excluding hydrogens is 446 g/mol. The van der Waals surface area contributed by atoms with Crippen LogP contribution in [0.3, 0.4) is 0 Å². The Balaban J connectivity index is 1.26. The summed E-state index contributed by atoms with van der Waals surface area (Å²) >= 11 is 3.44. The van der Waals surface area contributed by atoms with Crippen molar-refractivity contribution < 1.29 is 14.3 Å². The Hall–Kier alpha value is -2.41. The molecule has 1 N–H and O–H groups in total. The maximum atomic E-state index is 12.8. The number of hydrogen-bond donors (Lipinski definition) is 1. The molecular formula is C23H26BrN3O3. The van der Waals surface area contributed by atoms with E-state index in [2.05, 4.69) is 26.2 Å². The van der Waals surface area contributed by atoms with Gasteiger partial charge >= 0.3 is 0 Å². The molecule has 0 bridgehead atoms. The zero-order chi connectivity index (χ0) is 21.1. The number of anilines is 1. The molecule has 7 heteroatoms. The quantitative estimate of drug-likeness (QED) is 0.714. The average molecular weight is 472 g/mol. The summed E-state index contributed by atoms with van der Waals surface area (Å²) in [7, 11) is 0. The predicted molar refractivity (Wildman–Crippen MR) is 118 cm³/mol. The number of nitrogens with zero attached hydrogens (tertiary/aromatic N) is 2. The van der Waals surface area contributed by atoms with Gasteiger partial charge in [0.15, 0.2) is 0 Å². The number of rotatable bonds is 5. The largest absolute Gasteiger partial charge is 0.474 e. The molecule has 0 spiro atoms. The Morgan fingerprint density at radius 1 is 1.20 bits per heavy atom. The summed E-state index contributed by atoms with van der Waals surface area (Å²) in [6.07, 6.45) is 5.71. The van der Waals surface area contributed by atoms with Crippen molar-refractivity contribution in [3.05, 3.63) is 52.6 Å². The first kappa shape index (κ1) is 20.8. The zero-order valence-electron chi connectivity index (χ0n) is 17.0. The summed E-state index contributed by atoms with van der Waals surface area (Å²) in [5.41, 5.74) is 1.93. The maximum absolute atomic E-state index is 12.8. The van der Waals surface area contributed by atoms with Crippen molar-refractivity contribution in [1.29, 1.82) is 0 Å². The second-order valence-corrected chi connectivity index (χ2v) is 9.07. The lowest BCUT2D eigenvalue weighted by Crippen LogP contribution is -2.43. The lowest BCUT2D eigenvalue weighted by molar-refractivity contribution is -0.127. The van der Waals surface area contributed by atoms with Crippen LogP contribution in [0.1, 0.15) is 37.7 Å². The predicted octanol–water partition coefficient (Wildman–Crippen LogP) is 4.01. The molecule has 1 saturated carbocycles. The van der Waals surface area contributed by atoms with E-state index >= 15 is 0 Å². The lowest BCUT2D eigenvalue weighted by atomic mass is 9.92. The standard InChI is InChI=1S/C23H26BrN3O3/c1-15-5-10-21(25-13-15)30-20-8-6-18(7-9-20)26-23(29)16-11-22(28)27(14-16)19-4-2-3-17(24)12-19/h2-5,10,12-13,16,18,20H,6-9,11,14H2,1H3,(H,26,29). The number of aromatic nitrogens is 1. The van der Waals surface area contributed by atoms with Crippen LogP contribution in [0.5, 0.6) is 5.88 Å². The van der Waals surface area contributed by atoms with Gasteiger partial charge in [0.1, 0.15) is 6.10 Å². The summed E-state index contributed by atoms with van der Waals surface area (Å²) < 4.78 is 6.89. The van der Waals surface area contributed by atoms with E-state index in [-0.39, 0.29) is 36.3 Å². The van der Waals surface area contributed by atoms with Crippen molar-refractivity contribution in [3.63, 3.8) is 0 Å². The van der Waals surface area contributed by atoms with E-state index in [4.69, 9.17) is 4.74 Å². The van der Waals surface area contributed by atoms with Gasteiger partial charge < -0.3 is 15.0 Å². The first-order valence-electron chi connectivity index (χ1n) is 10.4. The normalized spacial score (nSPS) is 24.0. The van der Waals surface area contributed by atoms with Crippen LogP contribution in [0.25, 0.3) is 0 Å². The van der Waals surface area contributed by atoms with E-state index in [1.807, 2.05) is 49.5 Å². The summed E-state index contributed by atoms with van der Waals surface area (Å²) in [4.78, 5) is 31.2. The van der Waals surface area contributed by atoms with Gasteiger partial charge in [-0.3, -0.25) is 9.59 Å². The number of ether oxygens (including phenoxy) is 1. The van der Waals surface area contributed by atoms with Crippen LogP contribution >= 0.6 is 15.9 Å². The molecule has 2 fully saturated rings. The van der Waals surface area contributed by atoms with Gasteiger partial charge in [0.25, 0.3) is 0 Å². The molecule has 0 radical (unpaired) electrons. The SMILES string of the molecule is Cc1ccc(OC2CCC(NC(=O)C3CC(=O)N(c4cccc(Br)c4)C3)CC2)nc1. The van der Waals surface area contributed by atoms with Gasteiger partial charge in [0.05, 0.1) is 5.92 Å². The second-order valence-electron chi connectivity index (χ2n) is 8.16. The Bertz CT molecular complexity index is 910. The third kappa shape index (κ3) is 5.01. The minimum atomic E-state index is -0.304. The molecule has 4 rings (SSSR count). The molecule has 2 aliphatic rings. The van der Waals surface area contributed by atoms with Crippen molar-refractivity contribution in [2.24, 2.45) is 5.92 Å². The maximum Gasteiger partial charge on any atom is 0.227 e. The molecule has 1 unspecified atom stereocenters. The Labute approximate surface area is 185 Å². The Morgan fingerprint density at radius 2 is 2.00 bits per heavy atom. The van der Waals surface area contributed by atoms with Crippen molar-refractivity contribution in [1.82, 2.24) is 10.3 Å². The highest BCUT2D eigenvalue weighted by Gasteiger charge is 2.36. The number of aryl methyl sites for hydroxylation is 1. The number of amides is 2. The summed E-state index contributed by atoms with van der Waals surface area (Å²) in [6, 6.07) is 11.6. The van der Waals surface area contributed by atoms with Crippen LogP contribution in [0.4, 0.5) is 5.69 Å². The number of pyridine rings is 1. The highest BCUT2D eigenvalue weighted by Crippen LogP contribution is 2.28. The monoisotopic (exact) mass is 471 g/mol. The van der Waals surface area contributed by atoms with Gasteiger partial charge in [0, 0.05) is 41.4 Å². The van der Waals surface area contributed by atoms with Crippen LogP contribution in [0.15, 0.2) is 47.1 Å². The highest BCUT2D eigenvalue weighted by atomic mass is 79.9. The van der Waals surface area contributed by atoms with Crippen molar-refractivity contribution in [3.8, 4) is 5.88 Å². The van der Waals surface area contributed by atoms with E-state index in [1.54, 1.807) is 4.90 Å². The van der Waals surface area contributed by atoms with Gasteiger partial charge in [-0.15, -0.1) is 0 Å². The molecule has 30 heavy (non-hydrogen) atoms. The van der Waals surface area contributed by atoms with Gasteiger partial charge in [-0.1, -0.05) is 28.1 Å². The van der Waals surface area contributed by atoms with E-state index in [0.29, 0.717) is 12.4 Å². The number of carbonyl (C=O) groups is 2. The number of halogens is 1. The second kappa shape index (κ2) is 9.16. The molecule has 2 heterocycles. The molecule has 2 aromatic rings. The summed E-state index contributed by atoms with van der Waals surface area (Å²) in [5, 5.41) is 3.16. The molecule has 1 saturated heterocycles. The number of hydrogen-bond acceptors (Lipinski definition) is 4. The number of nitrogens with one attached hydrogen (secondary N) is 1. The molecule has 1 atom stereocenters. The van der Waals surface area contributed by atoms with Gasteiger partial charge in [-0.2, -0.15) is 0 Å². The van der Waals surface area contributed by atoms with Gasteiger partial charge in [-0.05, 0) is 56.4 Å².